The van der Waals surface area contributed by atoms with Gasteiger partial charge >= 0.3 is 6.36 Å². The van der Waals surface area contributed by atoms with Crippen LogP contribution in [-0.4, -0.2) is 32.4 Å². The molecule has 0 radical (unpaired) electrons. The van der Waals surface area contributed by atoms with Gasteiger partial charge in [-0.1, -0.05) is 12.1 Å². The summed E-state index contributed by atoms with van der Waals surface area (Å²) in [6.45, 7) is 3.95. The molecule has 0 amide bonds. The Balaban J connectivity index is 1.74. The summed E-state index contributed by atoms with van der Waals surface area (Å²) in [6.07, 6.45) is -1.46. The fourth-order valence-corrected chi connectivity index (χ4v) is 2.92. The average Bonchev–Trinajstić information content (AvgIpc) is 2.71. The summed E-state index contributed by atoms with van der Waals surface area (Å²) >= 11 is 5.30. The van der Waals surface area contributed by atoms with Crippen molar-refractivity contribution in [1.29, 1.82) is 0 Å². The van der Waals surface area contributed by atoms with Crippen LogP contribution in [0.3, 0.4) is 0 Å². The second-order valence-electron chi connectivity index (χ2n) is 6.78. The van der Waals surface area contributed by atoms with Gasteiger partial charge in [0, 0.05) is 35.5 Å². The number of hydrogen-bond donors (Lipinski definition) is 3. The van der Waals surface area contributed by atoms with E-state index in [-0.39, 0.29) is 23.4 Å². The lowest BCUT2D eigenvalue weighted by Crippen LogP contribution is -2.39. The zero-order valence-electron chi connectivity index (χ0n) is 17.6. The van der Waals surface area contributed by atoms with Crippen molar-refractivity contribution in [1.82, 2.24) is 20.3 Å². The molecular weight excluding hydrogens is 455 g/mol. The van der Waals surface area contributed by atoms with E-state index >= 15 is 0 Å². The van der Waals surface area contributed by atoms with Crippen molar-refractivity contribution in [2.24, 2.45) is 4.99 Å². The summed E-state index contributed by atoms with van der Waals surface area (Å²) in [5.74, 6) is 0.180. The molecule has 0 bridgehead atoms. The predicted molar refractivity (Wildman–Crippen MR) is 123 cm³/mol. The van der Waals surface area contributed by atoms with Crippen LogP contribution in [0.15, 0.2) is 59.9 Å². The van der Waals surface area contributed by atoms with E-state index in [4.69, 9.17) is 12.2 Å². The van der Waals surface area contributed by atoms with Gasteiger partial charge in [-0.15, -0.1) is 13.2 Å². The minimum atomic E-state index is -4.79. The number of halogens is 3. The van der Waals surface area contributed by atoms with E-state index in [0.717, 1.165) is 17.0 Å². The van der Waals surface area contributed by atoms with Crippen molar-refractivity contribution < 1.29 is 17.9 Å². The Kier molecular flexibility index (Phi) is 7.72. The molecule has 0 spiro atoms. The number of hydrogen-bond acceptors (Lipinski definition) is 6. The molecule has 0 aliphatic heterocycles. The van der Waals surface area contributed by atoms with Crippen LogP contribution in [0.5, 0.6) is 5.75 Å². The largest absolute Gasteiger partial charge is 0.573 e. The van der Waals surface area contributed by atoms with Gasteiger partial charge in [-0.25, -0.2) is 15.0 Å². The molecule has 0 aliphatic rings. The molecule has 3 rings (SSSR count). The summed E-state index contributed by atoms with van der Waals surface area (Å²) in [4.78, 5) is 17.2. The van der Waals surface area contributed by atoms with Gasteiger partial charge in [0.1, 0.15) is 5.75 Å². The van der Waals surface area contributed by atoms with Crippen LogP contribution in [0.2, 0.25) is 0 Å². The van der Waals surface area contributed by atoms with E-state index in [1.807, 2.05) is 26.0 Å². The van der Waals surface area contributed by atoms with Crippen LogP contribution in [0.25, 0.3) is 0 Å². The first-order valence-corrected chi connectivity index (χ1v) is 10.0. The van der Waals surface area contributed by atoms with Crippen LogP contribution in [0, 0.1) is 13.8 Å². The van der Waals surface area contributed by atoms with Crippen molar-refractivity contribution in [3.63, 3.8) is 0 Å². The van der Waals surface area contributed by atoms with E-state index in [2.05, 4.69) is 40.6 Å². The standard InChI is InChI=1S/C21H20F3N7OS/c1-13-9-14(2)28-19(27-13)30-18(26-12-15-5-4-8-25-11-15)31-20(33)29-16-6-3-7-17(10-16)32-21(22,23)24/h3-11H,12H2,1-2H3,(H3,26,27,28,29,30,31,33). The molecule has 0 fully saturated rings. The van der Waals surface area contributed by atoms with Crippen molar-refractivity contribution in [3.8, 4) is 5.75 Å². The number of rotatable bonds is 5. The number of nitrogens with one attached hydrogen (secondary N) is 3. The van der Waals surface area contributed by atoms with E-state index in [1.165, 1.54) is 18.2 Å². The Morgan fingerprint density at radius 2 is 1.82 bits per heavy atom. The Morgan fingerprint density at radius 1 is 1.06 bits per heavy atom. The van der Waals surface area contributed by atoms with E-state index in [9.17, 15) is 13.2 Å². The first-order chi connectivity index (χ1) is 15.7. The maximum Gasteiger partial charge on any atom is 0.573 e. The number of ether oxygens (including phenoxy) is 1. The number of pyridine rings is 1. The summed E-state index contributed by atoms with van der Waals surface area (Å²) in [7, 11) is 0. The minimum absolute atomic E-state index is 0.0842. The Labute approximate surface area is 193 Å². The number of alkyl halides is 3. The highest BCUT2D eigenvalue weighted by molar-refractivity contribution is 7.80. The molecule has 0 aliphatic carbocycles. The molecule has 33 heavy (non-hydrogen) atoms. The number of aliphatic imine (C=N–C) groups is 1. The molecule has 0 unspecified atom stereocenters. The van der Waals surface area contributed by atoms with Gasteiger partial charge in [0.25, 0.3) is 0 Å². The highest BCUT2D eigenvalue weighted by Gasteiger charge is 2.31. The summed E-state index contributed by atoms with van der Waals surface area (Å²) in [5, 5.41) is 8.76. The fraction of sp³-hybridized carbons (Fsp3) is 0.190. The third-order valence-electron chi connectivity index (χ3n) is 3.91. The number of aryl methyl sites for hydroxylation is 2. The maximum absolute atomic E-state index is 12.5. The van der Waals surface area contributed by atoms with Crippen LogP contribution >= 0.6 is 12.2 Å². The lowest BCUT2D eigenvalue weighted by molar-refractivity contribution is -0.274. The second-order valence-corrected chi connectivity index (χ2v) is 7.19. The van der Waals surface area contributed by atoms with E-state index in [0.29, 0.717) is 11.6 Å². The van der Waals surface area contributed by atoms with Gasteiger partial charge in [-0.2, -0.15) is 0 Å². The van der Waals surface area contributed by atoms with Gasteiger partial charge < -0.3 is 15.4 Å². The summed E-state index contributed by atoms with van der Waals surface area (Å²) in [5.41, 5.74) is 2.68. The summed E-state index contributed by atoms with van der Waals surface area (Å²) < 4.78 is 41.4. The molecule has 172 valence electrons. The Morgan fingerprint density at radius 3 is 2.48 bits per heavy atom. The van der Waals surface area contributed by atoms with Crippen LogP contribution in [-0.2, 0) is 6.54 Å². The molecular formula is C21H20F3N7OS. The molecule has 2 heterocycles. The third kappa shape index (κ3) is 8.33. The summed E-state index contributed by atoms with van der Waals surface area (Å²) in [6, 6.07) is 10.8. The number of anilines is 2. The zero-order chi connectivity index (χ0) is 23.8. The number of aromatic nitrogens is 3. The van der Waals surface area contributed by atoms with Crippen LogP contribution in [0.4, 0.5) is 24.8 Å². The van der Waals surface area contributed by atoms with Gasteiger partial charge in [0.05, 0.1) is 6.54 Å². The third-order valence-corrected chi connectivity index (χ3v) is 4.12. The lowest BCUT2D eigenvalue weighted by atomic mass is 10.3. The highest BCUT2D eigenvalue weighted by atomic mass is 32.1. The van der Waals surface area contributed by atoms with Crippen molar-refractivity contribution in [3.05, 3.63) is 71.8 Å². The zero-order valence-corrected chi connectivity index (χ0v) is 18.5. The smallest absolute Gasteiger partial charge is 0.406 e. The maximum atomic E-state index is 12.5. The molecule has 3 N–H and O–H groups in total. The number of benzene rings is 1. The first-order valence-electron chi connectivity index (χ1n) is 9.63. The van der Waals surface area contributed by atoms with Gasteiger partial charge in [-0.05, 0) is 55.9 Å². The lowest BCUT2D eigenvalue weighted by Gasteiger charge is -2.15. The number of guanidine groups is 1. The normalized spacial score (nSPS) is 11.6. The number of nitrogens with zero attached hydrogens (tertiary/aromatic N) is 4. The quantitative estimate of drug-likeness (QED) is 0.285. The molecule has 3 aromatic rings. The molecule has 0 saturated heterocycles. The molecule has 2 aromatic heterocycles. The monoisotopic (exact) mass is 475 g/mol. The minimum Gasteiger partial charge on any atom is -0.406 e. The number of thiocarbonyl (C=S) groups is 1. The fourth-order valence-electron chi connectivity index (χ4n) is 2.70. The van der Waals surface area contributed by atoms with Crippen molar-refractivity contribution in [2.45, 2.75) is 26.8 Å². The van der Waals surface area contributed by atoms with Crippen molar-refractivity contribution >= 4 is 34.9 Å². The highest BCUT2D eigenvalue weighted by Crippen LogP contribution is 2.25. The van der Waals surface area contributed by atoms with E-state index in [1.54, 1.807) is 24.5 Å². The molecule has 8 nitrogen and oxygen atoms in total. The second kappa shape index (κ2) is 10.7. The Hall–Kier alpha value is -3.80. The predicted octanol–water partition coefficient (Wildman–Crippen LogP) is 4.34. The average molecular weight is 476 g/mol. The SMILES string of the molecule is Cc1cc(C)nc(NC(=NCc2cccnc2)NC(=S)Nc2cccc(OC(F)(F)F)c2)n1. The van der Waals surface area contributed by atoms with Crippen LogP contribution < -0.4 is 20.7 Å². The van der Waals surface area contributed by atoms with Crippen molar-refractivity contribution in [2.75, 3.05) is 10.6 Å². The molecule has 0 saturated carbocycles. The molecule has 0 atom stereocenters. The van der Waals surface area contributed by atoms with E-state index < -0.39 is 6.36 Å². The first kappa shape index (κ1) is 23.9. The van der Waals surface area contributed by atoms with Gasteiger partial charge in [0.2, 0.25) is 11.9 Å². The van der Waals surface area contributed by atoms with Gasteiger partial charge in [-0.3, -0.25) is 10.3 Å². The van der Waals surface area contributed by atoms with Crippen LogP contribution in [0.1, 0.15) is 17.0 Å². The van der Waals surface area contributed by atoms with Gasteiger partial charge in [0.15, 0.2) is 5.11 Å². The molecule has 12 heteroatoms. The molecule has 1 aromatic carbocycles. The topological polar surface area (TPSA) is 96.4 Å². The Bertz CT molecular complexity index is 1120.